The van der Waals surface area contributed by atoms with Crippen molar-refractivity contribution in [1.82, 2.24) is 4.98 Å². The lowest BCUT2D eigenvalue weighted by Gasteiger charge is -2.33. The maximum Gasteiger partial charge on any atom is 0.433 e. The van der Waals surface area contributed by atoms with E-state index in [-0.39, 0.29) is 6.10 Å². The molecule has 1 aromatic heterocycles. The Morgan fingerprint density at radius 1 is 1.33 bits per heavy atom. The molecule has 0 aromatic carbocycles. The minimum atomic E-state index is -4.43. The van der Waals surface area contributed by atoms with Crippen LogP contribution in [-0.2, 0) is 10.9 Å². The molecule has 1 saturated heterocycles. The number of nitrogens with zero attached hydrogens (tertiary/aromatic N) is 2. The fourth-order valence-corrected chi connectivity index (χ4v) is 2.51. The highest BCUT2D eigenvalue weighted by molar-refractivity contribution is 5.66. The van der Waals surface area contributed by atoms with E-state index in [1.165, 1.54) is 6.07 Å². The first-order chi connectivity index (χ1) is 9.95. The van der Waals surface area contributed by atoms with Crippen LogP contribution in [0.1, 0.15) is 25.5 Å². The van der Waals surface area contributed by atoms with Crippen LogP contribution in [0, 0.1) is 0 Å². The minimum absolute atomic E-state index is 0.190. The van der Waals surface area contributed by atoms with Gasteiger partial charge in [0.15, 0.2) is 5.82 Å². The number of aromatic nitrogens is 1. The number of nitrogens with one attached hydrogen (secondary N) is 1. The van der Waals surface area contributed by atoms with Crippen molar-refractivity contribution in [3.63, 3.8) is 0 Å². The van der Waals surface area contributed by atoms with Gasteiger partial charge in [-0.25, -0.2) is 4.98 Å². The van der Waals surface area contributed by atoms with Gasteiger partial charge < -0.3 is 15.0 Å². The van der Waals surface area contributed by atoms with E-state index in [1.54, 1.807) is 7.05 Å². The molecule has 1 N–H and O–H groups in total. The van der Waals surface area contributed by atoms with E-state index in [0.29, 0.717) is 31.2 Å². The van der Waals surface area contributed by atoms with Crippen molar-refractivity contribution in [3.05, 3.63) is 17.8 Å². The summed E-state index contributed by atoms with van der Waals surface area (Å²) in [6.45, 7) is 3.90. The summed E-state index contributed by atoms with van der Waals surface area (Å²) in [7, 11) is 1.68. The molecular weight excluding hydrogens is 283 g/mol. The molecule has 0 aliphatic carbocycles. The summed E-state index contributed by atoms with van der Waals surface area (Å²) in [6, 6.07) is 2.43. The predicted octanol–water partition coefficient (Wildman–Crippen LogP) is 3.15. The molecule has 0 radical (unpaired) electrons. The van der Waals surface area contributed by atoms with E-state index in [0.717, 1.165) is 18.9 Å². The van der Waals surface area contributed by atoms with Gasteiger partial charge >= 0.3 is 6.18 Å². The average Bonchev–Trinajstić information content (AvgIpc) is 2.47. The first-order valence-corrected chi connectivity index (χ1v) is 7.08. The highest BCUT2D eigenvalue weighted by atomic mass is 19.4. The van der Waals surface area contributed by atoms with Crippen LogP contribution in [0.4, 0.5) is 24.7 Å². The lowest BCUT2D eigenvalue weighted by molar-refractivity contribution is -0.141. The summed E-state index contributed by atoms with van der Waals surface area (Å²) in [5.74, 6) is 0.363. The quantitative estimate of drug-likeness (QED) is 0.927. The Balaban J connectivity index is 2.18. The van der Waals surface area contributed by atoms with Crippen molar-refractivity contribution in [2.24, 2.45) is 0 Å². The van der Waals surface area contributed by atoms with Crippen LogP contribution in [0.15, 0.2) is 12.1 Å². The lowest BCUT2D eigenvalue weighted by atomic mass is 10.1. The molecule has 1 aliphatic heterocycles. The fourth-order valence-electron chi connectivity index (χ4n) is 2.51. The Morgan fingerprint density at radius 3 is 2.52 bits per heavy atom. The topological polar surface area (TPSA) is 37.4 Å². The van der Waals surface area contributed by atoms with Gasteiger partial charge in [0, 0.05) is 26.7 Å². The summed E-state index contributed by atoms with van der Waals surface area (Å²) in [4.78, 5) is 5.69. The van der Waals surface area contributed by atoms with E-state index < -0.39 is 11.9 Å². The summed E-state index contributed by atoms with van der Waals surface area (Å²) in [6.07, 6.45) is -2.64. The SMILES string of the molecule is CCOC1CCN(c2nc(C(F)(F)F)ccc2NC)CC1. The number of rotatable bonds is 4. The standard InChI is InChI=1S/C14H20F3N3O/c1-3-21-10-6-8-20(9-7-10)13-11(18-2)4-5-12(19-13)14(15,16)17/h4-5,10,18H,3,6-9H2,1-2H3. The van der Waals surface area contributed by atoms with Gasteiger partial charge in [0.05, 0.1) is 11.8 Å². The van der Waals surface area contributed by atoms with Crippen molar-refractivity contribution in [1.29, 1.82) is 0 Å². The van der Waals surface area contributed by atoms with Crippen LogP contribution >= 0.6 is 0 Å². The van der Waals surface area contributed by atoms with Crippen molar-refractivity contribution in [2.75, 3.05) is 37.0 Å². The van der Waals surface area contributed by atoms with Gasteiger partial charge in [0.1, 0.15) is 5.69 Å². The summed E-state index contributed by atoms with van der Waals surface area (Å²) in [5.41, 5.74) is -0.249. The van der Waals surface area contributed by atoms with Gasteiger partial charge in [-0.15, -0.1) is 0 Å². The number of hydrogen-bond donors (Lipinski definition) is 1. The molecule has 1 aliphatic rings. The zero-order chi connectivity index (χ0) is 15.5. The second-order valence-corrected chi connectivity index (χ2v) is 4.96. The monoisotopic (exact) mass is 303 g/mol. The lowest BCUT2D eigenvalue weighted by Crippen LogP contribution is -2.38. The molecule has 0 amide bonds. The molecule has 0 unspecified atom stereocenters. The molecule has 0 atom stereocenters. The van der Waals surface area contributed by atoms with Crippen LogP contribution in [0.5, 0.6) is 0 Å². The number of anilines is 2. The van der Waals surface area contributed by atoms with Crippen molar-refractivity contribution < 1.29 is 17.9 Å². The molecule has 1 aromatic rings. The maximum atomic E-state index is 12.8. The molecule has 118 valence electrons. The predicted molar refractivity (Wildman–Crippen MR) is 75.6 cm³/mol. The number of pyridine rings is 1. The summed E-state index contributed by atoms with van der Waals surface area (Å²) in [5, 5.41) is 2.91. The summed E-state index contributed by atoms with van der Waals surface area (Å²) < 4.78 is 44.0. The molecule has 0 spiro atoms. The van der Waals surface area contributed by atoms with E-state index in [2.05, 4.69) is 10.3 Å². The number of ether oxygens (including phenoxy) is 1. The summed E-state index contributed by atoms with van der Waals surface area (Å²) >= 11 is 0. The van der Waals surface area contributed by atoms with E-state index in [4.69, 9.17) is 4.74 Å². The smallest absolute Gasteiger partial charge is 0.385 e. The van der Waals surface area contributed by atoms with Crippen LogP contribution in [-0.4, -0.2) is 37.8 Å². The van der Waals surface area contributed by atoms with Gasteiger partial charge in [-0.05, 0) is 31.9 Å². The second kappa shape index (κ2) is 6.51. The molecule has 4 nitrogen and oxygen atoms in total. The Morgan fingerprint density at radius 2 is 2.00 bits per heavy atom. The van der Waals surface area contributed by atoms with Gasteiger partial charge in [-0.3, -0.25) is 0 Å². The molecule has 7 heteroatoms. The number of piperidine rings is 1. The van der Waals surface area contributed by atoms with Gasteiger partial charge in [-0.2, -0.15) is 13.2 Å². The first kappa shape index (κ1) is 15.9. The average molecular weight is 303 g/mol. The number of hydrogen-bond acceptors (Lipinski definition) is 4. The third-order valence-electron chi connectivity index (χ3n) is 3.58. The molecule has 2 rings (SSSR count). The Bertz CT molecular complexity index is 471. The van der Waals surface area contributed by atoms with Gasteiger partial charge in [0.25, 0.3) is 0 Å². The molecule has 0 bridgehead atoms. The van der Waals surface area contributed by atoms with Crippen LogP contribution in [0.25, 0.3) is 0 Å². The Labute approximate surface area is 122 Å². The second-order valence-electron chi connectivity index (χ2n) is 4.96. The molecule has 21 heavy (non-hydrogen) atoms. The minimum Gasteiger partial charge on any atom is -0.385 e. The molecule has 1 fully saturated rings. The number of halogens is 3. The maximum absolute atomic E-state index is 12.8. The van der Waals surface area contributed by atoms with Crippen LogP contribution in [0.2, 0.25) is 0 Å². The van der Waals surface area contributed by atoms with Gasteiger partial charge in [-0.1, -0.05) is 0 Å². The van der Waals surface area contributed by atoms with Crippen molar-refractivity contribution in [3.8, 4) is 0 Å². The molecular formula is C14H20F3N3O. The fraction of sp³-hybridized carbons (Fsp3) is 0.643. The van der Waals surface area contributed by atoms with E-state index >= 15 is 0 Å². The molecule has 2 heterocycles. The number of alkyl halides is 3. The normalized spacial score (nSPS) is 17.1. The third-order valence-corrected chi connectivity index (χ3v) is 3.58. The van der Waals surface area contributed by atoms with E-state index in [1.807, 2.05) is 11.8 Å². The molecule has 0 saturated carbocycles. The third kappa shape index (κ3) is 3.78. The van der Waals surface area contributed by atoms with E-state index in [9.17, 15) is 13.2 Å². The highest BCUT2D eigenvalue weighted by Gasteiger charge is 2.34. The highest BCUT2D eigenvalue weighted by Crippen LogP contribution is 2.33. The first-order valence-electron chi connectivity index (χ1n) is 7.08. The van der Waals surface area contributed by atoms with Crippen LogP contribution < -0.4 is 10.2 Å². The van der Waals surface area contributed by atoms with Crippen molar-refractivity contribution >= 4 is 11.5 Å². The van der Waals surface area contributed by atoms with Gasteiger partial charge in [0.2, 0.25) is 0 Å². The Hall–Kier alpha value is -1.50. The Kier molecular flexibility index (Phi) is 4.92. The van der Waals surface area contributed by atoms with Crippen LogP contribution in [0.3, 0.4) is 0 Å². The van der Waals surface area contributed by atoms with Crippen molar-refractivity contribution in [2.45, 2.75) is 32.0 Å². The largest absolute Gasteiger partial charge is 0.433 e. The zero-order valence-electron chi connectivity index (χ0n) is 12.2. The zero-order valence-corrected chi connectivity index (χ0v) is 12.2.